The Kier molecular flexibility index (Phi) is 5.66. The van der Waals surface area contributed by atoms with Gasteiger partial charge in [-0.1, -0.05) is 45.0 Å². The third-order valence-corrected chi connectivity index (χ3v) is 3.45. The Balaban J connectivity index is 2.66. The van der Waals surface area contributed by atoms with Crippen LogP contribution in [0.1, 0.15) is 50.2 Å². The van der Waals surface area contributed by atoms with Crippen LogP contribution in [-0.4, -0.2) is 18.3 Å². The van der Waals surface area contributed by atoms with Gasteiger partial charge in [-0.05, 0) is 41.8 Å². The third-order valence-electron chi connectivity index (χ3n) is 3.45. The van der Waals surface area contributed by atoms with Crippen molar-refractivity contribution in [3.05, 3.63) is 35.4 Å². The van der Waals surface area contributed by atoms with Gasteiger partial charge < -0.3 is 10.8 Å². The lowest BCUT2D eigenvalue weighted by atomic mass is 9.89. The Hall–Kier alpha value is -0.860. The summed E-state index contributed by atoms with van der Waals surface area (Å²) in [7, 11) is 0. The molecular formula is C15H25NO. The van der Waals surface area contributed by atoms with Crippen molar-refractivity contribution in [1.29, 1.82) is 0 Å². The van der Waals surface area contributed by atoms with E-state index in [9.17, 15) is 0 Å². The fraction of sp³-hybridized carbons (Fsp3) is 0.600. The first-order valence-electron chi connectivity index (χ1n) is 6.49. The van der Waals surface area contributed by atoms with Crippen LogP contribution in [-0.2, 0) is 0 Å². The van der Waals surface area contributed by atoms with Gasteiger partial charge in [0, 0.05) is 6.61 Å². The van der Waals surface area contributed by atoms with Gasteiger partial charge in [-0.3, -0.25) is 0 Å². The molecular weight excluding hydrogens is 210 g/mol. The van der Waals surface area contributed by atoms with Crippen LogP contribution in [0.5, 0.6) is 0 Å². The molecule has 0 fully saturated rings. The highest BCUT2D eigenvalue weighted by Crippen LogP contribution is 2.24. The number of nitrogens with two attached hydrogens (primary N) is 1. The van der Waals surface area contributed by atoms with E-state index >= 15 is 0 Å². The van der Waals surface area contributed by atoms with Crippen molar-refractivity contribution >= 4 is 0 Å². The van der Waals surface area contributed by atoms with E-state index in [0.717, 1.165) is 6.42 Å². The second-order valence-corrected chi connectivity index (χ2v) is 5.24. The lowest BCUT2D eigenvalue weighted by Crippen LogP contribution is -2.20. The van der Waals surface area contributed by atoms with Crippen molar-refractivity contribution in [1.82, 2.24) is 0 Å². The molecule has 0 aliphatic heterocycles. The minimum absolute atomic E-state index is 0.185. The molecule has 0 spiro atoms. The summed E-state index contributed by atoms with van der Waals surface area (Å²) in [5, 5.41) is 9.16. The van der Waals surface area contributed by atoms with Crippen LogP contribution in [0.3, 0.4) is 0 Å². The molecule has 1 aromatic carbocycles. The van der Waals surface area contributed by atoms with Crippen LogP contribution in [0.25, 0.3) is 0 Å². The molecule has 3 N–H and O–H groups in total. The number of aliphatic hydroxyl groups excluding tert-OH is 1. The predicted octanol–water partition coefficient (Wildman–Crippen LogP) is 2.87. The number of aliphatic hydroxyl groups is 1. The zero-order valence-electron chi connectivity index (χ0n) is 11.2. The second kappa shape index (κ2) is 6.77. The molecule has 1 rings (SSSR count). The summed E-state index contributed by atoms with van der Waals surface area (Å²) in [6, 6.07) is 8.80. The van der Waals surface area contributed by atoms with E-state index in [1.54, 1.807) is 0 Å². The maximum atomic E-state index is 9.16. The van der Waals surface area contributed by atoms with Gasteiger partial charge in [0.05, 0.1) is 0 Å². The Labute approximate surface area is 105 Å². The van der Waals surface area contributed by atoms with E-state index < -0.39 is 0 Å². The Morgan fingerprint density at radius 3 is 2.00 bits per heavy atom. The van der Waals surface area contributed by atoms with Crippen LogP contribution in [0.4, 0.5) is 0 Å². The summed E-state index contributed by atoms with van der Waals surface area (Å²) in [5.41, 5.74) is 8.32. The SMILES string of the molecule is CC(C)c1ccc(C(C)CC(CN)CO)cc1. The van der Waals surface area contributed by atoms with Gasteiger partial charge in [-0.15, -0.1) is 0 Å². The molecule has 2 heteroatoms. The Bertz CT molecular complexity index is 314. The van der Waals surface area contributed by atoms with Crippen molar-refractivity contribution in [3.63, 3.8) is 0 Å². The van der Waals surface area contributed by atoms with Gasteiger partial charge in [-0.2, -0.15) is 0 Å². The molecule has 1 aromatic rings. The molecule has 0 aromatic heterocycles. The molecule has 96 valence electrons. The monoisotopic (exact) mass is 235 g/mol. The molecule has 2 unspecified atom stereocenters. The number of benzene rings is 1. The van der Waals surface area contributed by atoms with Crippen LogP contribution in [0.2, 0.25) is 0 Å². The van der Waals surface area contributed by atoms with Gasteiger partial charge in [0.25, 0.3) is 0 Å². The molecule has 0 saturated heterocycles. The Morgan fingerprint density at radius 1 is 1.06 bits per heavy atom. The molecule has 17 heavy (non-hydrogen) atoms. The highest BCUT2D eigenvalue weighted by molar-refractivity contribution is 5.26. The van der Waals surface area contributed by atoms with Crippen molar-refractivity contribution in [2.45, 2.75) is 39.0 Å². The predicted molar refractivity (Wildman–Crippen MR) is 73.2 cm³/mol. The molecule has 0 bridgehead atoms. The highest BCUT2D eigenvalue weighted by atomic mass is 16.3. The van der Waals surface area contributed by atoms with Gasteiger partial charge in [0.1, 0.15) is 0 Å². The third kappa shape index (κ3) is 4.14. The minimum atomic E-state index is 0.185. The van der Waals surface area contributed by atoms with Crippen molar-refractivity contribution < 1.29 is 5.11 Å². The number of hydrogen-bond donors (Lipinski definition) is 2. The van der Waals surface area contributed by atoms with Crippen LogP contribution in [0.15, 0.2) is 24.3 Å². The highest BCUT2D eigenvalue weighted by Gasteiger charge is 2.12. The van der Waals surface area contributed by atoms with E-state index in [0.29, 0.717) is 18.4 Å². The van der Waals surface area contributed by atoms with E-state index in [1.165, 1.54) is 11.1 Å². The minimum Gasteiger partial charge on any atom is -0.396 e. The molecule has 0 heterocycles. The van der Waals surface area contributed by atoms with Crippen LogP contribution < -0.4 is 5.73 Å². The summed E-state index contributed by atoms with van der Waals surface area (Å²) >= 11 is 0. The Morgan fingerprint density at radius 2 is 1.59 bits per heavy atom. The summed E-state index contributed by atoms with van der Waals surface area (Å²) in [6.45, 7) is 7.35. The number of rotatable bonds is 6. The second-order valence-electron chi connectivity index (χ2n) is 5.24. The van der Waals surface area contributed by atoms with E-state index in [2.05, 4.69) is 45.0 Å². The maximum Gasteiger partial charge on any atom is 0.0471 e. The van der Waals surface area contributed by atoms with Crippen molar-refractivity contribution in [2.24, 2.45) is 11.7 Å². The lowest BCUT2D eigenvalue weighted by Gasteiger charge is -2.18. The van der Waals surface area contributed by atoms with E-state index in [4.69, 9.17) is 10.8 Å². The van der Waals surface area contributed by atoms with Crippen molar-refractivity contribution in [2.75, 3.05) is 13.2 Å². The van der Waals surface area contributed by atoms with E-state index in [1.807, 2.05) is 0 Å². The molecule has 0 saturated carbocycles. The average Bonchev–Trinajstić information content (AvgIpc) is 2.35. The zero-order valence-corrected chi connectivity index (χ0v) is 11.2. The van der Waals surface area contributed by atoms with Gasteiger partial charge >= 0.3 is 0 Å². The summed E-state index contributed by atoms with van der Waals surface area (Å²) in [5.74, 6) is 1.25. The maximum absolute atomic E-state index is 9.16. The molecule has 0 amide bonds. The molecule has 0 aliphatic rings. The zero-order chi connectivity index (χ0) is 12.8. The molecule has 2 atom stereocenters. The van der Waals surface area contributed by atoms with Gasteiger partial charge in [0.2, 0.25) is 0 Å². The summed E-state index contributed by atoms with van der Waals surface area (Å²) in [4.78, 5) is 0. The van der Waals surface area contributed by atoms with Crippen LogP contribution in [0, 0.1) is 5.92 Å². The topological polar surface area (TPSA) is 46.2 Å². The largest absolute Gasteiger partial charge is 0.396 e. The van der Waals surface area contributed by atoms with Crippen LogP contribution >= 0.6 is 0 Å². The molecule has 2 nitrogen and oxygen atoms in total. The molecule has 0 radical (unpaired) electrons. The first-order chi connectivity index (χ1) is 8.08. The standard InChI is InChI=1S/C15H25NO/c1-11(2)14-4-6-15(7-5-14)12(3)8-13(9-16)10-17/h4-7,11-13,17H,8-10,16H2,1-3H3. The number of hydrogen-bond acceptors (Lipinski definition) is 2. The first kappa shape index (κ1) is 14.2. The quantitative estimate of drug-likeness (QED) is 0.796. The summed E-state index contributed by atoms with van der Waals surface area (Å²) in [6.07, 6.45) is 0.952. The van der Waals surface area contributed by atoms with Crippen molar-refractivity contribution in [3.8, 4) is 0 Å². The fourth-order valence-corrected chi connectivity index (χ4v) is 2.09. The normalized spacial score (nSPS) is 14.9. The van der Waals surface area contributed by atoms with Gasteiger partial charge in [0.15, 0.2) is 0 Å². The summed E-state index contributed by atoms with van der Waals surface area (Å²) < 4.78 is 0. The van der Waals surface area contributed by atoms with E-state index in [-0.39, 0.29) is 12.5 Å². The average molecular weight is 235 g/mol. The lowest BCUT2D eigenvalue weighted by molar-refractivity contribution is 0.217. The first-order valence-corrected chi connectivity index (χ1v) is 6.49. The smallest absolute Gasteiger partial charge is 0.0471 e. The van der Waals surface area contributed by atoms with Gasteiger partial charge in [-0.25, -0.2) is 0 Å². The molecule has 0 aliphatic carbocycles. The fourth-order valence-electron chi connectivity index (χ4n) is 2.09.